The van der Waals surface area contributed by atoms with Crippen molar-refractivity contribution in [2.24, 2.45) is 0 Å². The first-order valence-corrected chi connectivity index (χ1v) is 9.41. The first-order valence-electron chi connectivity index (χ1n) is 9.04. The highest BCUT2D eigenvalue weighted by Crippen LogP contribution is 2.36. The molecule has 0 spiro atoms. The van der Waals surface area contributed by atoms with Gasteiger partial charge in [-0.15, -0.1) is 0 Å². The van der Waals surface area contributed by atoms with Gasteiger partial charge in [0.15, 0.2) is 0 Å². The number of piperazine rings is 1. The molecule has 1 amide bonds. The quantitative estimate of drug-likeness (QED) is 0.606. The van der Waals surface area contributed by atoms with E-state index in [9.17, 15) is 13.6 Å². The second-order valence-electron chi connectivity index (χ2n) is 6.69. The zero-order chi connectivity index (χ0) is 20.5. The van der Waals surface area contributed by atoms with E-state index in [0.29, 0.717) is 48.5 Å². The molecule has 0 atom stereocenters. The van der Waals surface area contributed by atoms with Gasteiger partial charge in [-0.05, 0) is 36.4 Å². The molecular weight excluding hydrogens is 398 g/mol. The van der Waals surface area contributed by atoms with Crippen molar-refractivity contribution in [1.29, 1.82) is 0 Å². The lowest BCUT2D eigenvalue weighted by Crippen LogP contribution is -2.48. The fraction of sp³-hybridized carbons (Fsp3) is 0.190. The second kappa shape index (κ2) is 7.75. The smallest absolute Gasteiger partial charge is 0.246 e. The maximum absolute atomic E-state index is 14.2. The average Bonchev–Trinajstić information content (AvgIpc) is 2.74. The molecule has 0 saturated carbocycles. The number of carbonyl (C=O) groups is 1. The zero-order valence-corrected chi connectivity index (χ0v) is 16.2. The van der Waals surface area contributed by atoms with Crippen molar-refractivity contribution >= 4 is 34.2 Å². The Balaban J connectivity index is 1.72. The van der Waals surface area contributed by atoms with Crippen molar-refractivity contribution in [3.63, 3.8) is 0 Å². The first-order chi connectivity index (χ1) is 14.0. The van der Waals surface area contributed by atoms with E-state index in [2.05, 4.69) is 21.4 Å². The predicted octanol–water partition coefficient (Wildman–Crippen LogP) is 4.06. The highest BCUT2D eigenvalue weighted by atomic mass is 35.5. The van der Waals surface area contributed by atoms with Gasteiger partial charge in [0, 0.05) is 47.7 Å². The molecular formula is C21H17ClF2N4O. The number of anilines is 1. The highest BCUT2D eigenvalue weighted by molar-refractivity contribution is 6.34. The largest absolute Gasteiger partial charge is 0.352 e. The van der Waals surface area contributed by atoms with Crippen molar-refractivity contribution in [1.82, 2.24) is 14.9 Å². The van der Waals surface area contributed by atoms with Crippen molar-refractivity contribution < 1.29 is 13.6 Å². The summed E-state index contributed by atoms with van der Waals surface area (Å²) < 4.78 is 27.9. The normalized spacial score (nSPS) is 14.3. The maximum Gasteiger partial charge on any atom is 0.246 e. The summed E-state index contributed by atoms with van der Waals surface area (Å²) in [7, 11) is 0. The van der Waals surface area contributed by atoms with Gasteiger partial charge in [0.1, 0.15) is 23.8 Å². The molecule has 1 saturated heterocycles. The number of fused-ring (bicyclic) bond motifs is 1. The summed E-state index contributed by atoms with van der Waals surface area (Å²) >= 11 is 6.43. The molecule has 1 aliphatic rings. The number of benzene rings is 2. The third-order valence-corrected chi connectivity index (χ3v) is 5.30. The minimum Gasteiger partial charge on any atom is -0.352 e. The SMILES string of the molecule is C=CC(=O)N1CCN(c2ncnc3cc(-c4cc(F)ccc4F)c(Cl)cc23)CC1. The molecule has 0 unspecified atom stereocenters. The van der Waals surface area contributed by atoms with Crippen molar-refractivity contribution in [3.05, 3.63) is 66.0 Å². The Labute approximate surface area is 171 Å². The number of halogens is 3. The van der Waals surface area contributed by atoms with E-state index in [0.717, 1.165) is 18.2 Å². The Morgan fingerprint density at radius 1 is 1.07 bits per heavy atom. The van der Waals surface area contributed by atoms with Gasteiger partial charge < -0.3 is 9.80 Å². The van der Waals surface area contributed by atoms with Gasteiger partial charge in [-0.2, -0.15) is 0 Å². The number of rotatable bonds is 3. The summed E-state index contributed by atoms with van der Waals surface area (Å²) in [6, 6.07) is 6.55. The van der Waals surface area contributed by atoms with Crippen LogP contribution in [0.15, 0.2) is 49.3 Å². The maximum atomic E-state index is 14.2. The summed E-state index contributed by atoms with van der Waals surface area (Å²) in [5.41, 5.74) is 1.01. The fourth-order valence-electron chi connectivity index (χ4n) is 3.49. The second-order valence-corrected chi connectivity index (χ2v) is 7.09. The molecule has 0 bridgehead atoms. The van der Waals surface area contributed by atoms with Gasteiger partial charge >= 0.3 is 0 Å². The molecule has 1 aromatic heterocycles. The Kier molecular flexibility index (Phi) is 5.15. The van der Waals surface area contributed by atoms with E-state index < -0.39 is 11.6 Å². The summed E-state index contributed by atoms with van der Waals surface area (Å²) in [6.45, 7) is 5.82. The standard InChI is InChI=1S/C21H17ClF2N4O/c1-2-20(29)27-5-7-28(8-6-27)21-16-10-17(22)14(11-19(16)25-12-26-21)15-9-13(23)3-4-18(15)24/h2-4,9-12H,1,5-8H2. The Bertz CT molecular complexity index is 1110. The summed E-state index contributed by atoms with van der Waals surface area (Å²) in [5.74, 6) is -0.520. The van der Waals surface area contributed by atoms with Crippen LogP contribution in [0, 0.1) is 11.6 Å². The van der Waals surface area contributed by atoms with Gasteiger partial charge in [0.05, 0.1) is 5.52 Å². The molecule has 29 heavy (non-hydrogen) atoms. The molecule has 0 radical (unpaired) electrons. The lowest BCUT2D eigenvalue weighted by atomic mass is 10.0. The van der Waals surface area contributed by atoms with Crippen LogP contribution in [-0.2, 0) is 4.79 Å². The van der Waals surface area contributed by atoms with Gasteiger partial charge in [0.25, 0.3) is 0 Å². The molecule has 2 aromatic carbocycles. The molecule has 0 aliphatic carbocycles. The van der Waals surface area contributed by atoms with Crippen molar-refractivity contribution in [2.45, 2.75) is 0 Å². The van der Waals surface area contributed by atoms with E-state index in [1.165, 1.54) is 12.4 Å². The van der Waals surface area contributed by atoms with Gasteiger partial charge in [-0.25, -0.2) is 18.7 Å². The van der Waals surface area contributed by atoms with E-state index in [4.69, 9.17) is 11.6 Å². The molecule has 3 aromatic rings. The minimum atomic E-state index is -0.565. The Hall–Kier alpha value is -3.06. The molecule has 1 aliphatic heterocycles. The molecule has 1 fully saturated rings. The topological polar surface area (TPSA) is 49.3 Å². The van der Waals surface area contributed by atoms with Crippen LogP contribution in [0.4, 0.5) is 14.6 Å². The van der Waals surface area contributed by atoms with E-state index >= 15 is 0 Å². The van der Waals surface area contributed by atoms with Crippen LogP contribution in [0.5, 0.6) is 0 Å². The molecule has 0 N–H and O–H groups in total. The Morgan fingerprint density at radius 3 is 2.55 bits per heavy atom. The summed E-state index contributed by atoms with van der Waals surface area (Å²) in [6.07, 6.45) is 2.74. The van der Waals surface area contributed by atoms with Crippen molar-refractivity contribution in [3.8, 4) is 11.1 Å². The number of carbonyl (C=O) groups excluding carboxylic acids is 1. The third kappa shape index (κ3) is 3.65. The molecule has 2 heterocycles. The number of amides is 1. The van der Waals surface area contributed by atoms with Crippen LogP contribution >= 0.6 is 11.6 Å². The van der Waals surface area contributed by atoms with E-state index in [-0.39, 0.29) is 16.5 Å². The van der Waals surface area contributed by atoms with Crippen LogP contribution < -0.4 is 4.90 Å². The molecule has 148 valence electrons. The van der Waals surface area contributed by atoms with Crippen LogP contribution in [0.1, 0.15) is 0 Å². The first kappa shape index (κ1) is 19.3. The van der Waals surface area contributed by atoms with E-state index in [1.54, 1.807) is 17.0 Å². The molecule has 8 heteroatoms. The van der Waals surface area contributed by atoms with Gasteiger partial charge in [-0.3, -0.25) is 4.79 Å². The zero-order valence-electron chi connectivity index (χ0n) is 15.4. The Morgan fingerprint density at radius 2 is 1.83 bits per heavy atom. The minimum absolute atomic E-state index is 0.0774. The van der Waals surface area contributed by atoms with Crippen LogP contribution in [0.25, 0.3) is 22.0 Å². The summed E-state index contributed by atoms with van der Waals surface area (Å²) in [4.78, 5) is 24.2. The van der Waals surface area contributed by atoms with Gasteiger partial charge in [-0.1, -0.05) is 18.2 Å². The lowest BCUT2D eigenvalue weighted by Gasteiger charge is -2.35. The van der Waals surface area contributed by atoms with Crippen LogP contribution in [0.3, 0.4) is 0 Å². The van der Waals surface area contributed by atoms with Crippen molar-refractivity contribution in [2.75, 3.05) is 31.1 Å². The molecule has 5 nitrogen and oxygen atoms in total. The highest BCUT2D eigenvalue weighted by Gasteiger charge is 2.22. The number of nitrogens with zero attached hydrogens (tertiary/aromatic N) is 4. The number of aromatic nitrogens is 2. The third-order valence-electron chi connectivity index (χ3n) is 4.99. The van der Waals surface area contributed by atoms with E-state index in [1.807, 2.05) is 0 Å². The fourth-order valence-corrected chi connectivity index (χ4v) is 3.76. The van der Waals surface area contributed by atoms with Gasteiger partial charge in [0.2, 0.25) is 5.91 Å². The number of hydrogen-bond donors (Lipinski definition) is 0. The summed E-state index contributed by atoms with van der Waals surface area (Å²) in [5, 5.41) is 0.986. The average molecular weight is 415 g/mol. The van der Waals surface area contributed by atoms with Crippen LogP contribution in [0.2, 0.25) is 5.02 Å². The predicted molar refractivity (Wildman–Crippen MR) is 109 cm³/mol. The number of hydrogen-bond acceptors (Lipinski definition) is 4. The lowest BCUT2D eigenvalue weighted by molar-refractivity contribution is -0.126. The van der Waals surface area contributed by atoms with Crippen LogP contribution in [-0.4, -0.2) is 47.0 Å². The monoisotopic (exact) mass is 414 g/mol. The molecule has 4 rings (SSSR count).